The fourth-order valence-electron chi connectivity index (χ4n) is 1.31. The summed E-state index contributed by atoms with van der Waals surface area (Å²) in [4.78, 5) is 13.0. The lowest BCUT2D eigenvalue weighted by Crippen LogP contribution is -2.48. The van der Waals surface area contributed by atoms with Crippen LogP contribution >= 0.6 is 0 Å². The lowest BCUT2D eigenvalue weighted by molar-refractivity contribution is -0.124. The first kappa shape index (κ1) is 10.5. The van der Waals surface area contributed by atoms with Gasteiger partial charge in [0.2, 0.25) is 5.91 Å². The Labute approximate surface area is 78.9 Å². The molecule has 1 aliphatic rings. The summed E-state index contributed by atoms with van der Waals surface area (Å²) in [5.41, 5.74) is -0.631. The van der Waals surface area contributed by atoms with E-state index in [0.29, 0.717) is 13.0 Å². The van der Waals surface area contributed by atoms with Gasteiger partial charge in [-0.05, 0) is 20.3 Å². The minimum Gasteiger partial charge on any atom is -0.390 e. The van der Waals surface area contributed by atoms with Gasteiger partial charge in [-0.15, -0.1) is 0 Å². The third-order valence-electron chi connectivity index (χ3n) is 2.16. The zero-order valence-corrected chi connectivity index (χ0v) is 8.34. The highest BCUT2D eigenvalue weighted by Gasteiger charge is 2.19. The van der Waals surface area contributed by atoms with E-state index in [-0.39, 0.29) is 5.91 Å². The van der Waals surface area contributed by atoms with Gasteiger partial charge in [0.25, 0.3) is 0 Å². The normalized spacial score (nSPS) is 20.1. The molecule has 1 heterocycles. The van der Waals surface area contributed by atoms with Gasteiger partial charge in [0.05, 0.1) is 12.1 Å². The Morgan fingerprint density at radius 2 is 2.31 bits per heavy atom. The van der Waals surface area contributed by atoms with Crippen LogP contribution < -0.4 is 5.32 Å². The summed E-state index contributed by atoms with van der Waals surface area (Å²) in [5.74, 6) is 0.0852. The predicted octanol–water partition coefficient (Wildman–Crippen LogP) is -0.421. The molecule has 1 aliphatic heterocycles. The number of amides is 1. The highest BCUT2D eigenvalue weighted by molar-refractivity contribution is 5.78. The third kappa shape index (κ3) is 4.24. The van der Waals surface area contributed by atoms with Gasteiger partial charge in [0, 0.05) is 19.6 Å². The summed E-state index contributed by atoms with van der Waals surface area (Å²) in [6.45, 7) is 6.45. The molecule has 0 aromatic rings. The van der Waals surface area contributed by atoms with Crippen molar-refractivity contribution in [3.05, 3.63) is 0 Å². The van der Waals surface area contributed by atoms with Gasteiger partial charge in [-0.3, -0.25) is 9.69 Å². The Morgan fingerprint density at radius 3 is 2.85 bits per heavy atom. The smallest absolute Gasteiger partial charge is 0.234 e. The summed E-state index contributed by atoms with van der Waals surface area (Å²) < 4.78 is 0. The molecule has 1 saturated heterocycles. The highest BCUT2D eigenvalue weighted by Crippen LogP contribution is 2.08. The molecule has 13 heavy (non-hydrogen) atoms. The van der Waals surface area contributed by atoms with Crippen molar-refractivity contribution in [1.82, 2.24) is 10.2 Å². The average Bonchev–Trinajstić information content (AvgIpc) is 2.00. The number of hydrogen-bond donors (Lipinski definition) is 2. The van der Waals surface area contributed by atoms with E-state index in [9.17, 15) is 9.90 Å². The molecule has 4 nitrogen and oxygen atoms in total. The lowest BCUT2D eigenvalue weighted by Gasteiger charge is -2.28. The summed E-state index contributed by atoms with van der Waals surface area (Å²) in [5, 5.41) is 12.3. The van der Waals surface area contributed by atoms with Gasteiger partial charge >= 0.3 is 0 Å². The Morgan fingerprint density at radius 1 is 1.62 bits per heavy atom. The standard InChI is InChI=1S/C9H18N2O2/c1-9(2,13)3-5-11-6-4-10-8(12)7-11/h13H,3-7H2,1-2H3,(H,10,12). The van der Waals surface area contributed by atoms with E-state index >= 15 is 0 Å². The van der Waals surface area contributed by atoms with E-state index in [1.54, 1.807) is 13.8 Å². The van der Waals surface area contributed by atoms with Crippen molar-refractivity contribution >= 4 is 5.91 Å². The number of aliphatic hydroxyl groups is 1. The van der Waals surface area contributed by atoms with E-state index in [4.69, 9.17) is 0 Å². The fraction of sp³-hybridized carbons (Fsp3) is 0.889. The molecule has 0 aromatic carbocycles. The number of hydrogen-bond acceptors (Lipinski definition) is 3. The minimum absolute atomic E-state index is 0.0852. The first-order valence-electron chi connectivity index (χ1n) is 4.69. The Bertz CT molecular complexity index is 187. The van der Waals surface area contributed by atoms with E-state index in [1.165, 1.54) is 0 Å². The molecule has 0 saturated carbocycles. The second kappa shape index (κ2) is 4.07. The Hall–Kier alpha value is -0.610. The maximum Gasteiger partial charge on any atom is 0.234 e. The average molecular weight is 186 g/mol. The largest absolute Gasteiger partial charge is 0.390 e. The summed E-state index contributed by atoms with van der Waals surface area (Å²) in [6, 6.07) is 0. The molecule has 0 spiro atoms. The molecule has 0 aliphatic carbocycles. The monoisotopic (exact) mass is 186 g/mol. The Kier molecular flexibility index (Phi) is 3.27. The molecule has 0 aromatic heterocycles. The maximum atomic E-state index is 11.0. The second-order valence-electron chi connectivity index (χ2n) is 4.19. The molecule has 76 valence electrons. The Balaban J connectivity index is 2.25. The molecule has 1 rings (SSSR count). The van der Waals surface area contributed by atoms with E-state index in [0.717, 1.165) is 19.6 Å². The van der Waals surface area contributed by atoms with Crippen molar-refractivity contribution in [2.45, 2.75) is 25.9 Å². The molecule has 0 unspecified atom stereocenters. The summed E-state index contributed by atoms with van der Waals surface area (Å²) in [7, 11) is 0. The SMILES string of the molecule is CC(C)(O)CCN1CCNC(=O)C1. The highest BCUT2D eigenvalue weighted by atomic mass is 16.3. The molecule has 1 amide bonds. The van der Waals surface area contributed by atoms with Gasteiger partial charge in [0.15, 0.2) is 0 Å². The van der Waals surface area contributed by atoms with Crippen LogP contribution in [0.3, 0.4) is 0 Å². The van der Waals surface area contributed by atoms with Gasteiger partial charge in [-0.2, -0.15) is 0 Å². The molecular weight excluding hydrogens is 168 g/mol. The topological polar surface area (TPSA) is 52.6 Å². The number of piperazine rings is 1. The van der Waals surface area contributed by atoms with Crippen molar-refractivity contribution in [3.63, 3.8) is 0 Å². The van der Waals surface area contributed by atoms with Gasteiger partial charge in [-0.25, -0.2) is 0 Å². The quantitative estimate of drug-likeness (QED) is 0.629. The summed E-state index contributed by atoms with van der Waals surface area (Å²) >= 11 is 0. The van der Waals surface area contributed by atoms with Crippen molar-refractivity contribution in [1.29, 1.82) is 0 Å². The zero-order valence-electron chi connectivity index (χ0n) is 8.34. The minimum atomic E-state index is -0.631. The van der Waals surface area contributed by atoms with Crippen LogP contribution in [0.4, 0.5) is 0 Å². The van der Waals surface area contributed by atoms with Gasteiger partial charge in [-0.1, -0.05) is 0 Å². The van der Waals surface area contributed by atoms with Crippen LogP contribution in [0, 0.1) is 0 Å². The fourth-order valence-corrected chi connectivity index (χ4v) is 1.31. The molecule has 0 atom stereocenters. The molecule has 0 bridgehead atoms. The van der Waals surface area contributed by atoms with Crippen molar-refractivity contribution in [2.75, 3.05) is 26.2 Å². The number of nitrogens with zero attached hydrogens (tertiary/aromatic N) is 1. The first-order chi connectivity index (χ1) is 5.97. The van der Waals surface area contributed by atoms with Crippen molar-refractivity contribution < 1.29 is 9.90 Å². The van der Waals surface area contributed by atoms with Crippen LogP contribution in [-0.4, -0.2) is 47.7 Å². The van der Waals surface area contributed by atoms with Gasteiger partial charge in [0.1, 0.15) is 0 Å². The van der Waals surface area contributed by atoms with E-state index in [2.05, 4.69) is 10.2 Å². The summed E-state index contributed by atoms with van der Waals surface area (Å²) in [6.07, 6.45) is 0.709. The first-order valence-corrected chi connectivity index (χ1v) is 4.69. The second-order valence-corrected chi connectivity index (χ2v) is 4.19. The predicted molar refractivity (Wildman–Crippen MR) is 50.4 cm³/mol. The van der Waals surface area contributed by atoms with Crippen LogP contribution in [0.2, 0.25) is 0 Å². The van der Waals surface area contributed by atoms with Crippen LogP contribution in [0.25, 0.3) is 0 Å². The van der Waals surface area contributed by atoms with Crippen LogP contribution in [0.15, 0.2) is 0 Å². The van der Waals surface area contributed by atoms with Crippen molar-refractivity contribution in [3.8, 4) is 0 Å². The number of nitrogens with one attached hydrogen (secondary N) is 1. The molecule has 2 N–H and O–H groups in total. The maximum absolute atomic E-state index is 11.0. The third-order valence-corrected chi connectivity index (χ3v) is 2.16. The van der Waals surface area contributed by atoms with Crippen LogP contribution in [-0.2, 0) is 4.79 Å². The lowest BCUT2D eigenvalue weighted by atomic mass is 10.1. The zero-order chi connectivity index (χ0) is 9.90. The van der Waals surface area contributed by atoms with E-state index < -0.39 is 5.60 Å². The molecule has 1 fully saturated rings. The van der Waals surface area contributed by atoms with Gasteiger partial charge < -0.3 is 10.4 Å². The van der Waals surface area contributed by atoms with Crippen LogP contribution in [0.5, 0.6) is 0 Å². The number of carbonyl (C=O) groups excluding carboxylic acids is 1. The number of rotatable bonds is 3. The van der Waals surface area contributed by atoms with Crippen molar-refractivity contribution in [2.24, 2.45) is 0 Å². The van der Waals surface area contributed by atoms with E-state index in [1.807, 2.05) is 0 Å². The molecular formula is C9H18N2O2. The number of carbonyl (C=O) groups is 1. The molecule has 4 heteroatoms. The van der Waals surface area contributed by atoms with Crippen LogP contribution in [0.1, 0.15) is 20.3 Å². The molecule has 0 radical (unpaired) electrons.